The minimum Gasteiger partial charge on any atom is -0.309 e. The Balaban J connectivity index is 2.86. The lowest BCUT2D eigenvalue weighted by Crippen LogP contribution is -2.26. The van der Waals surface area contributed by atoms with E-state index in [1.54, 1.807) is 11.8 Å². The third-order valence-corrected chi connectivity index (χ3v) is 3.83. The predicted octanol–water partition coefficient (Wildman–Crippen LogP) is 4.15. The van der Waals surface area contributed by atoms with Crippen LogP contribution in [0.1, 0.15) is 39.3 Å². The summed E-state index contributed by atoms with van der Waals surface area (Å²) < 4.78 is 27.1. The van der Waals surface area contributed by atoms with Crippen molar-refractivity contribution in [1.29, 1.82) is 0 Å². The quantitative estimate of drug-likeness (QED) is 0.865. The molecule has 4 heteroatoms. The summed E-state index contributed by atoms with van der Waals surface area (Å²) in [6.45, 7) is 9.03. The summed E-state index contributed by atoms with van der Waals surface area (Å²) >= 11 is 1.74. The van der Waals surface area contributed by atoms with Crippen molar-refractivity contribution in [1.82, 2.24) is 5.32 Å². The molecular weight excluding hydrogens is 252 g/mol. The number of hydrogen-bond donors (Lipinski definition) is 1. The molecule has 0 amide bonds. The van der Waals surface area contributed by atoms with Gasteiger partial charge >= 0.3 is 0 Å². The molecule has 0 fully saturated rings. The van der Waals surface area contributed by atoms with Crippen LogP contribution in [-0.4, -0.2) is 17.0 Å². The largest absolute Gasteiger partial charge is 0.309 e. The Labute approximate surface area is 112 Å². The summed E-state index contributed by atoms with van der Waals surface area (Å²) in [5, 5.41) is 3.21. The number of halogens is 2. The molecule has 1 aromatic rings. The highest BCUT2D eigenvalue weighted by Crippen LogP contribution is 2.29. The van der Waals surface area contributed by atoms with Gasteiger partial charge in [-0.2, -0.15) is 11.8 Å². The van der Waals surface area contributed by atoms with E-state index < -0.39 is 5.82 Å². The lowest BCUT2D eigenvalue weighted by Gasteiger charge is -2.24. The van der Waals surface area contributed by atoms with Crippen molar-refractivity contribution in [2.45, 2.75) is 38.5 Å². The lowest BCUT2D eigenvalue weighted by atomic mass is 10.1. The first kappa shape index (κ1) is 15.4. The molecule has 0 heterocycles. The summed E-state index contributed by atoms with van der Waals surface area (Å²) in [4.78, 5) is 0. The van der Waals surface area contributed by atoms with Crippen LogP contribution >= 0.6 is 11.8 Å². The first-order valence-corrected chi connectivity index (χ1v) is 7.14. The molecule has 1 N–H and O–H groups in total. The van der Waals surface area contributed by atoms with Gasteiger partial charge < -0.3 is 5.32 Å². The zero-order chi connectivity index (χ0) is 13.8. The minimum atomic E-state index is -0.393. The van der Waals surface area contributed by atoms with Crippen molar-refractivity contribution in [3.8, 4) is 0 Å². The third kappa shape index (κ3) is 4.94. The first-order valence-electron chi connectivity index (χ1n) is 6.16. The maximum absolute atomic E-state index is 13.7. The van der Waals surface area contributed by atoms with Crippen LogP contribution in [0.2, 0.25) is 0 Å². The van der Waals surface area contributed by atoms with E-state index >= 15 is 0 Å². The molecule has 0 radical (unpaired) electrons. The van der Waals surface area contributed by atoms with E-state index in [1.165, 1.54) is 12.1 Å². The van der Waals surface area contributed by atoms with Crippen LogP contribution in [0.25, 0.3) is 0 Å². The molecule has 0 saturated heterocycles. The smallest absolute Gasteiger partial charge is 0.128 e. The molecule has 0 aliphatic carbocycles. The standard InChI is InChI=1S/C14H21F2NS/c1-5-17-13(9-18-14(2,3)4)11-8-10(15)6-7-12(11)16/h6-8,13,17H,5,9H2,1-4H3. The SMILES string of the molecule is CCNC(CSC(C)(C)C)c1cc(F)ccc1F. The van der Waals surface area contributed by atoms with E-state index in [9.17, 15) is 8.78 Å². The number of hydrogen-bond acceptors (Lipinski definition) is 2. The Bertz CT molecular complexity index is 388. The van der Waals surface area contributed by atoms with Crippen LogP contribution < -0.4 is 5.32 Å². The number of nitrogens with one attached hydrogen (secondary N) is 1. The molecule has 1 atom stereocenters. The van der Waals surface area contributed by atoms with E-state index in [1.807, 2.05) is 6.92 Å². The monoisotopic (exact) mass is 273 g/mol. The number of benzene rings is 1. The highest BCUT2D eigenvalue weighted by atomic mass is 32.2. The maximum atomic E-state index is 13.7. The van der Waals surface area contributed by atoms with E-state index in [-0.39, 0.29) is 16.6 Å². The summed E-state index contributed by atoms with van der Waals surface area (Å²) in [6.07, 6.45) is 0. The molecule has 0 bridgehead atoms. The first-order chi connectivity index (χ1) is 8.33. The van der Waals surface area contributed by atoms with E-state index in [0.29, 0.717) is 5.56 Å². The van der Waals surface area contributed by atoms with Gasteiger partial charge in [-0.15, -0.1) is 0 Å². The molecule has 1 rings (SSSR count). The zero-order valence-corrected chi connectivity index (χ0v) is 12.2. The Hall–Kier alpha value is -0.610. The molecule has 1 aromatic carbocycles. The van der Waals surface area contributed by atoms with Crippen LogP contribution in [0.3, 0.4) is 0 Å². The second kappa shape index (κ2) is 6.53. The van der Waals surface area contributed by atoms with E-state index in [0.717, 1.165) is 18.4 Å². The fraction of sp³-hybridized carbons (Fsp3) is 0.571. The van der Waals surface area contributed by atoms with Crippen molar-refractivity contribution < 1.29 is 8.78 Å². The van der Waals surface area contributed by atoms with E-state index in [2.05, 4.69) is 26.1 Å². The van der Waals surface area contributed by atoms with Gasteiger partial charge in [-0.05, 0) is 24.7 Å². The van der Waals surface area contributed by atoms with Crippen LogP contribution in [0, 0.1) is 11.6 Å². The fourth-order valence-corrected chi connectivity index (χ4v) is 2.58. The van der Waals surface area contributed by atoms with Gasteiger partial charge in [0.1, 0.15) is 11.6 Å². The van der Waals surface area contributed by atoms with Crippen molar-refractivity contribution in [2.75, 3.05) is 12.3 Å². The molecular formula is C14H21F2NS. The van der Waals surface area contributed by atoms with Crippen LogP contribution in [0.4, 0.5) is 8.78 Å². The Morgan fingerprint density at radius 2 is 1.94 bits per heavy atom. The molecule has 102 valence electrons. The molecule has 0 aromatic heterocycles. The van der Waals surface area contributed by atoms with Crippen molar-refractivity contribution in [2.24, 2.45) is 0 Å². The number of rotatable bonds is 5. The topological polar surface area (TPSA) is 12.0 Å². The third-order valence-electron chi connectivity index (χ3n) is 2.47. The van der Waals surface area contributed by atoms with Crippen molar-refractivity contribution in [3.63, 3.8) is 0 Å². The molecule has 18 heavy (non-hydrogen) atoms. The highest BCUT2D eigenvalue weighted by Gasteiger charge is 2.19. The van der Waals surface area contributed by atoms with Gasteiger partial charge in [0.25, 0.3) is 0 Å². The summed E-state index contributed by atoms with van der Waals surface area (Å²) in [5.74, 6) is -0.0236. The summed E-state index contributed by atoms with van der Waals surface area (Å²) in [7, 11) is 0. The normalized spacial score (nSPS) is 13.7. The van der Waals surface area contributed by atoms with Crippen molar-refractivity contribution >= 4 is 11.8 Å². The molecule has 0 aliphatic heterocycles. The Morgan fingerprint density at radius 3 is 2.50 bits per heavy atom. The van der Waals surface area contributed by atoms with Crippen LogP contribution in [0.5, 0.6) is 0 Å². The minimum absolute atomic E-state index is 0.109. The number of thioether (sulfide) groups is 1. The van der Waals surface area contributed by atoms with Gasteiger partial charge in [0.15, 0.2) is 0 Å². The lowest BCUT2D eigenvalue weighted by molar-refractivity contribution is 0.532. The molecule has 0 aliphatic rings. The molecule has 0 spiro atoms. The predicted molar refractivity (Wildman–Crippen MR) is 75.0 cm³/mol. The van der Waals surface area contributed by atoms with Gasteiger partial charge in [0.05, 0.1) is 0 Å². The van der Waals surface area contributed by atoms with Gasteiger partial charge in [-0.3, -0.25) is 0 Å². The van der Waals surface area contributed by atoms with Gasteiger partial charge in [0, 0.05) is 22.1 Å². The second-order valence-electron chi connectivity index (χ2n) is 5.20. The molecule has 1 unspecified atom stereocenters. The van der Waals surface area contributed by atoms with Gasteiger partial charge in [0.2, 0.25) is 0 Å². The average Bonchev–Trinajstić information content (AvgIpc) is 2.26. The maximum Gasteiger partial charge on any atom is 0.128 e. The zero-order valence-electron chi connectivity index (χ0n) is 11.4. The molecule has 0 saturated carbocycles. The van der Waals surface area contributed by atoms with E-state index in [4.69, 9.17) is 0 Å². The summed E-state index contributed by atoms with van der Waals surface area (Å²) in [5.41, 5.74) is 0.411. The van der Waals surface area contributed by atoms with Crippen molar-refractivity contribution in [3.05, 3.63) is 35.4 Å². The Morgan fingerprint density at radius 1 is 1.28 bits per heavy atom. The van der Waals surface area contributed by atoms with Gasteiger partial charge in [-0.25, -0.2) is 8.78 Å². The fourth-order valence-electron chi connectivity index (χ4n) is 1.62. The summed E-state index contributed by atoms with van der Waals surface area (Å²) in [6, 6.07) is 3.47. The van der Waals surface area contributed by atoms with Gasteiger partial charge in [-0.1, -0.05) is 27.7 Å². The Kier molecular flexibility index (Phi) is 5.60. The second-order valence-corrected chi connectivity index (χ2v) is 7.05. The molecule has 1 nitrogen and oxygen atoms in total. The van der Waals surface area contributed by atoms with Crippen LogP contribution in [0.15, 0.2) is 18.2 Å². The van der Waals surface area contributed by atoms with Crippen LogP contribution in [-0.2, 0) is 0 Å². The average molecular weight is 273 g/mol. The highest BCUT2D eigenvalue weighted by molar-refractivity contribution is 8.00.